The monoisotopic (exact) mass is 464 g/mol. The van der Waals surface area contributed by atoms with Crippen molar-refractivity contribution in [2.45, 2.75) is 4.90 Å². The zero-order valence-corrected chi connectivity index (χ0v) is 17.6. The van der Waals surface area contributed by atoms with E-state index in [1.807, 2.05) is 0 Å². The molecule has 0 aliphatic rings. The van der Waals surface area contributed by atoms with E-state index in [0.717, 1.165) is 12.1 Å². The van der Waals surface area contributed by atoms with E-state index in [4.69, 9.17) is 23.2 Å². The number of rotatable bonds is 6. The molecule has 0 aliphatic heterocycles. The van der Waals surface area contributed by atoms with Gasteiger partial charge in [0.15, 0.2) is 0 Å². The highest BCUT2D eigenvalue weighted by molar-refractivity contribution is 7.92. The lowest BCUT2D eigenvalue weighted by Crippen LogP contribution is -2.13. The fraction of sp³-hybridized carbons (Fsp3) is 0. The molecule has 0 heterocycles. The Balaban J connectivity index is 1.65. The van der Waals surface area contributed by atoms with Crippen LogP contribution in [0, 0.1) is 5.82 Å². The lowest BCUT2D eigenvalue weighted by molar-refractivity contribution is -0.111. The molecule has 0 unspecified atom stereocenters. The van der Waals surface area contributed by atoms with Crippen molar-refractivity contribution in [3.8, 4) is 0 Å². The largest absolute Gasteiger partial charge is 0.323 e. The third kappa shape index (κ3) is 5.82. The van der Waals surface area contributed by atoms with E-state index in [1.165, 1.54) is 42.5 Å². The third-order valence-corrected chi connectivity index (χ3v) is 5.86. The molecule has 0 radical (unpaired) electrons. The van der Waals surface area contributed by atoms with Crippen LogP contribution in [-0.4, -0.2) is 14.3 Å². The second-order valence-electron chi connectivity index (χ2n) is 6.13. The van der Waals surface area contributed by atoms with Crippen molar-refractivity contribution < 1.29 is 17.6 Å². The molecule has 2 N–H and O–H groups in total. The molecular weight excluding hydrogens is 450 g/mol. The van der Waals surface area contributed by atoms with Crippen LogP contribution in [0.1, 0.15) is 5.56 Å². The molecular formula is C21H15Cl2FN2O3S. The second-order valence-corrected chi connectivity index (χ2v) is 8.65. The molecule has 9 heteroatoms. The lowest BCUT2D eigenvalue weighted by Gasteiger charge is -2.09. The van der Waals surface area contributed by atoms with Gasteiger partial charge in [-0.2, -0.15) is 0 Å². The van der Waals surface area contributed by atoms with Gasteiger partial charge in [0.2, 0.25) is 5.91 Å². The van der Waals surface area contributed by atoms with Crippen LogP contribution >= 0.6 is 23.2 Å². The van der Waals surface area contributed by atoms with Gasteiger partial charge in [0.25, 0.3) is 10.0 Å². The first kappa shape index (κ1) is 21.8. The Hall–Kier alpha value is -2.87. The van der Waals surface area contributed by atoms with Crippen molar-refractivity contribution in [3.63, 3.8) is 0 Å². The number of anilines is 2. The summed E-state index contributed by atoms with van der Waals surface area (Å²) in [6.45, 7) is 0. The van der Waals surface area contributed by atoms with Crippen LogP contribution < -0.4 is 10.0 Å². The van der Waals surface area contributed by atoms with Crippen molar-refractivity contribution >= 4 is 56.6 Å². The maximum absolute atomic E-state index is 12.9. The molecule has 3 aromatic rings. The molecule has 0 saturated heterocycles. The number of hydrogen-bond acceptors (Lipinski definition) is 3. The smallest absolute Gasteiger partial charge is 0.261 e. The van der Waals surface area contributed by atoms with Gasteiger partial charge in [-0.25, -0.2) is 12.8 Å². The number of nitrogens with one attached hydrogen (secondary N) is 2. The van der Waals surface area contributed by atoms with E-state index >= 15 is 0 Å². The fourth-order valence-corrected chi connectivity index (χ4v) is 3.97. The maximum atomic E-state index is 12.9. The van der Waals surface area contributed by atoms with Crippen LogP contribution in [0.25, 0.3) is 6.08 Å². The zero-order valence-electron chi connectivity index (χ0n) is 15.3. The Morgan fingerprint density at radius 3 is 2.17 bits per heavy atom. The summed E-state index contributed by atoms with van der Waals surface area (Å²) in [7, 11) is -3.85. The van der Waals surface area contributed by atoms with Gasteiger partial charge in [-0.3, -0.25) is 9.52 Å². The molecule has 154 valence electrons. The van der Waals surface area contributed by atoms with E-state index < -0.39 is 21.7 Å². The Morgan fingerprint density at radius 2 is 1.53 bits per heavy atom. The van der Waals surface area contributed by atoms with Gasteiger partial charge >= 0.3 is 0 Å². The fourth-order valence-electron chi connectivity index (χ4n) is 2.44. The van der Waals surface area contributed by atoms with Crippen LogP contribution in [0.2, 0.25) is 10.0 Å². The summed E-state index contributed by atoms with van der Waals surface area (Å²) >= 11 is 11.9. The molecule has 0 atom stereocenters. The topological polar surface area (TPSA) is 75.3 Å². The minimum absolute atomic E-state index is 0.00619. The zero-order chi connectivity index (χ0) is 21.7. The van der Waals surface area contributed by atoms with Gasteiger partial charge in [-0.05, 0) is 72.3 Å². The van der Waals surface area contributed by atoms with Crippen LogP contribution in [0.15, 0.2) is 77.7 Å². The third-order valence-electron chi connectivity index (χ3n) is 3.91. The quantitative estimate of drug-likeness (QED) is 0.467. The predicted octanol–water partition coefficient (Wildman–Crippen LogP) is 5.59. The average molecular weight is 465 g/mol. The Kier molecular flexibility index (Phi) is 6.77. The molecule has 0 fully saturated rings. The summed E-state index contributed by atoms with van der Waals surface area (Å²) in [6, 6.07) is 15.5. The second kappa shape index (κ2) is 9.30. The van der Waals surface area contributed by atoms with Crippen molar-refractivity contribution in [2.75, 3.05) is 10.0 Å². The highest BCUT2D eigenvalue weighted by Gasteiger charge is 2.14. The summed E-state index contributed by atoms with van der Waals surface area (Å²) in [4.78, 5) is 12.1. The Labute approximate surface area is 183 Å². The minimum atomic E-state index is -3.85. The Morgan fingerprint density at radius 1 is 0.900 bits per heavy atom. The molecule has 3 aromatic carbocycles. The van der Waals surface area contributed by atoms with E-state index in [0.29, 0.717) is 21.3 Å². The number of carbonyl (C=O) groups excluding carboxylic acids is 1. The maximum Gasteiger partial charge on any atom is 0.261 e. The molecule has 5 nitrogen and oxygen atoms in total. The number of carbonyl (C=O) groups is 1. The summed E-state index contributed by atoms with van der Waals surface area (Å²) in [5, 5.41) is 3.53. The van der Waals surface area contributed by atoms with Gasteiger partial charge in [0.05, 0.1) is 4.90 Å². The molecule has 0 spiro atoms. The number of hydrogen-bond donors (Lipinski definition) is 2. The number of sulfonamides is 1. The summed E-state index contributed by atoms with van der Waals surface area (Å²) in [5.74, 6) is -0.883. The molecule has 0 aromatic heterocycles. The summed E-state index contributed by atoms with van der Waals surface area (Å²) in [5.41, 5.74) is 1.27. The number of halogens is 3. The van der Waals surface area contributed by atoms with Crippen LogP contribution in [0.3, 0.4) is 0 Å². The first-order valence-electron chi connectivity index (χ1n) is 8.55. The number of benzene rings is 3. The minimum Gasteiger partial charge on any atom is -0.323 e. The SMILES string of the molecule is O=C(/C=C/c1ccc(Cl)cc1Cl)Nc1ccc(S(=O)(=O)Nc2ccc(F)cc2)cc1. The van der Waals surface area contributed by atoms with Gasteiger partial charge in [0.1, 0.15) is 5.82 Å². The van der Waals surface area contributed by atoms with Crippen molar-refractivity contribution in [2.24, 2.45) is 0 Å². The van der Waals surface area contributed by atoms with Crippen molar-refractivity contribution in [1.29, 1.82) is 0 Å². The van der Waals surface area contributed by atoms with Crippen LogP contribution in [-0.2, 0) is 14.8 Å². The summed E-state index contributed by atoms with van der Waals surface area (Å²) in [6.07, 6.45) is 2.84. The summed E-state index contributed by atoms with van der Waals surface area (Å²) < 4.78 is 40.1. The highest BCUT2D eigenvalue weighted by Crippen LogP contribution is 2.22. The Bertz CT molecular complexity index is 1200. The number of amides is 1. The molecule has 3 rings (SSSR count). The predicted molar refractivity (Wildman–Crippen MR) is 118 cm³/mol. The van der Waals surface area contributed by atoms with Gasteiger partial charge in [-0.1, -0.05) is 29.3 Å². The molecule has 0 saturated carbocycles. The lowest BCUT2D eigenvalue weighted by atomic mass is 10.2. The van der Waals surface area contributed by atoms with Crippen molar-refractivity contribution in [3.05, 3.63) is 94.2 Å². The molecule has 0 aliphatic carbocycles. The van der Waals surface area contributed by atoms with E-state index in [9.17, 15) is 17.6 Å². The first-order valence-corrected chi connectivity index (χ1v) is 10.8. The molecule has 30 heavy (non-hydrogen) atoms. The van der Waals surface area contributed by atoms with Gasteiger partial charge in [-0.15, -0.1) is 0 Å². The van der Waals surface area contributed by atoms with E-state index in [-0.39, 0.29) is 10.6 Å². The van der Waals surface area contributed by atoms with E-state index in [1.54, 1.807) is 24.3 Å². The first-order chi connectivity index (χ1) is 14.2. The van der Waals surface area contributed by atoms with Crippen LogP contribution in [0.5, 0.6) is 0 Å². The van der Waals surface area contributed by atoms with Crippen LogP contribution in [0.4, 0.5) is 15.8 Å². The van der Waals surface area contributed by atoms with Gasteiger partial charge in [0, 0.05) is 27.5 Å². The highest BCUT2D eigenvalue weighted by atomic mass is 35.5. The van der Waals surface area contributed by atoms with Gasteiger partial charge < -0.3 is 5.32 Å². The average Bonchev–Trinajstić information content (AvgIpc) is 2.69. The standard InChI is InChI=1S/C21H15Cl2FN2O3S/c22-15-3-1-14(20(23)13-15)2-12-21(27)25-17-8-10-19(11-9-17)30(28,29)26-18-6-4-16(24)5-7-18/h1-13,26H,(H,25,27)/b12-2+. The molecule has 1 amide bonds. The normalized spacial score (nSPS) is 11.4. The molecule has 0 bridgehead atoms. The van der Waals surface area contributed by atoms with Crippen molar-refractivity contribution in [1.82, 2.24) is 0 Å². The van der Waals surface area contributed by atoms with E-state index in [2.05, 4.69) is 10.0 Å².